The Balaban J connectivity index is 1.75. The zero-order valence-electron chi connectivity index (χ0n) is 13.0. The van der Waals surface area contributed by atoms with E-state index < -0.39 is 0 Å². The molecule has 3 rings (SSSR count). The van der Waals surface area contributed by atoms with Crippen molar-refractivity contribution in [1.29, 1.82) is 0 Å². The van der Waals surface area contributed by atoms with Crippen LogP contribution in [-0.2, 0) is 11.8 Å². The monoisotopic (exact) mass is 307 g/mol. The van der Waals surface area contributed by atoms with Crippen LogP contribution in [0.15, 0.2) is 54.7 Å². The SMILES string of the molecule is CC(=O)Nc1ccc(NC(=O)c2ccc3c(ccn3C)c2)cc1. The molecule has 0 spiro atoms. The van der Waals surface area contributed by atoms with Crippen LogP contribution in [0.1, 0.15) is 17.3 Å². The lowest BCUT2D eigenvalue weighted by atomic mass is 10.1. The number of benzene rings is 2. The van der Waals surface area contributed by atoms with E-state index in [9.17, 15) is 9.59 Å². The number of carbonyl (C=O) groups is 2. The quantitative estimate of drug-likeness (QED) is 0.779. The van der Waals surface area contributed by atoms with Crippen molar-refractivity contribution in [2.45, 2.75) is 6.92 Å². The summed E-state index contributed by atoms with van der Waals surface area (Å²) in [6, 6.07) is 14.6. The minimum atomic E-state index is -0.164. The van der Waals surface area contributed by atoms with Gasteiger partial charge in [-0.25, -0.2) is 0 Å². The second-order valence-corrected chi connectivity index (χ2v) is 5.41. The van der Waals surface area contributed by atoms with E-state index in [2.05, 4.69) is 10.6 Å². The Hall–Kier alpha value is -3.08. The number of anilines is 2. The largest absolute Gasteiger partial charge is 0.351 e. The second kappa shape index (κ2) is 5.96. The van der Waals surface area contributed by atoms with Gasteiger partial charge >= 0.3 is 0 Å². The molecule has 116 valence electrons. The van der Waals surface area contributed by atoms with Crippen LogP contribution in [0.3, 0.4) is 0 Å². The Morgan fingerprint density at radius 2 is 1.57 bits per heavy atom. The third-order valence-corrected chi connectivity index (χ3v) is 3.61. The molecule has 23 heavy (non-hydrogen) atoms. The molecule has 0 bridgehead atoms. The van der Waals surface area contributed by atoms with Crippen molar-refractivity contribution < 1.29 is 9.59 Å². The first-order chi connectivity index (χ1) is 11.0. The summed E-state index contributed by atoms with van der Waals surface area (Å²) in [6.45, 7) is 1.45. The Kier molecular flexibility index (Phi) is 3.85. The molecule has 1 heterocycles. The van der Waals surface area contributed by atoms with E-state index in [0.29, 0.717) is 16.9 Å². The minimum Gasteiger partial charge on any atom is -0.351 e. The summed E-state index contributed by atoms with van der Waals surface area (Å²) < 4.78 is 2.01. The van der Waals surface area contributed by atoms with Gasteiger partial charge in [-0.1, -0.05) is 0 Å². The molecule has 5 heteroatoms. The number of amides is 2. The summed E-state index contributed by atoms with van der Waals surface area (Å²) in [5.74, 6) is -0.291. The number of carbonyl (C=O) groups excluding carboxylic acids is 2. The lowest BCUT2D eigenvalue weighted by molar-refractivity contribution is -0.114. The van der Waals surface area contributed by atoms with Gasteiger partial charge in [0.25, 0.3) is 5.91 Å². The fourth-order valence-corrected chi connectivity index (χ4v) is 2.47. The van der Waals surface area contributed by atoms with Crippen LogP contribution in [0.2, 0.25) is 0 Å². The maximum absolute atomic E-state index is 12.3. The molecule has 0 saturated carbocycles. The Morgan fingerprint density at radius 1 is 0.913 bits per heavy atom. The Labute approximate surface area is 133 Å². The number of rotatable bonds is 3. The average molecular weight is 307 g/mol. The van der Waals surface area contributed by atoms with Gasteiger partial charge in [0, 0.05) is 48.0 Å². The number of aryl methyl sites for hydroxylation is 1. The van der Waals surface area contributed by atoms with Gasteiger partial charge in [-0.2, -0.15) is 0 Å². The number of aromatic nitrogens is 1. The highest BCUT2D eigenvalue weighted by Crippen LogP contribution is 2.19. The van der Waals surface area contributed by atoms with Crippen LogP contribution >= 0.6 is 0 Å². The van der Waals surface area contributed by atoms with Crippen molar-refractivity contribution in [3.63, 3.8) is 0 Å². The van der Waals surface area contributed by atoms with Gasteiger partial charge < -0.3 is 15.2 Å². The molecule has 0 atom stereocenters. The normalized spacial score (nSPS) is 10.5. The summed E-state index contributed by atoms with van der Waals surface area (Å²) in [5.41, 5.74) is 3.06. The van der Waals surface area contributed by atoms with Crippen LogP contribution < -0.4 is 10.6 Å². The summed E-state index contributed by atoms with van der Waals surface area (Å²) in [7, 11) is 1.97. The Bertz CT molecular complexity index is 879. The highest BCUT2D eigenvalue weighted by molar-refractivity contribution is 6.06. The standard InChI is InChI=1S/C18H17N3O2/c1-12(22)19-15-4-6-16(7-5-15)20-18(23)14-3-8-17-13(11-14)9-10-21(17)2/h3-11H,1-2H3,(H,19,22)(H,20,23). The van der Waals surface area contributed by atoms with Crippen molar-refractivity contribution in [3.05, 3.63) is 60.3 Å². The van der Waals surface area contributed by atoms with Crippen molar-refractivity contribution in [2.24, 2.45) is 7.05 Å². The molecule has 0 saturated heterocycles. The highest BCUT2D eigenvalue weighted by Gasteiger charge is 2.08. The third kappa shape index (κ3) is 3.23. The Morgan fingerprint density at radius 3 is 2.22 bits per heavy atom. The summed E-state index contributed by atoms with van der Waals surface area (Å²) in [5, 5.41) is 6.57. The van der Waals surface area contributed by atoms with Gasteiger partial charge in [0.15, 0.2) is 0 Å². The number of nitrogens with one attached hydrogen (secondary N) is 2. The van der Waals surface area contributed by atoms with E-state index in [1.807, 2.05) is 42.1 Å². The van der Waals surface area contributed by atoms with Crippen LogP contribution in [-0.4, -0.2) is 16.4 Å². The van der Waals surface area contributed by atoms with E-state index in [-0.39, 0.29) is 11.8 Å². The smallest absolute Gasteiger partial charge is 0.255 e. The molecule has 2 N–H and O–H groups in total. The number of hydrogen-bond donors (Lipinski definition) is 2. The molecular weight excluding hydrogens is 290 g/mol. The first-order valence-electron chi connectivity index (χ1n) is 7.27. The third-order valence-electron chi connectivity index (χ3n) is 3.61. The molecule has 2 amide bonds. The zero-order valence-corrected chi connectivity index (χ0v) is 13.0. The number of hydrogen-bond acceptors (Lipinski definition) is 2. The van der Waals surface area contributed by atoms with Crippen molar-refractivity contribution in [1.82, 2.24) is 4.57 Å². The number of nitrogens with zero attached hydrogens (tertiary/aromatic N) is 1. The molecule has 0 aliphatic heterocycles. The van der Waals surface area contributed by atoms with Gasteiger partial charge in [0.2, 0.25) is 5.91 Å². The average Bonchev–Trinajstić information content (AvgIpc) is 2.89. The molecule has 5 nitrogen and oxygen atoms in total. The van der Waals surface area contributed by atoms with Crippen LogP contribution in [0.25, 0.3) is 10.9 Å². The molecule has 0 aliphatic rings. The first-order valence-corrected chi connectivity index (χ1v) is 7.27. The van der Waals surface area contributed by atoms with E-state index in [1.165, 1.54) is 6.92 Å². The maximum atomic E-state index is 12.3. The van der Waals surface area contributed by atoms with Crippen LogP contribution in [0.4, 0.5) is 11.4 Å². The van der Waals surface area contributed by atoms with Crippen LogP contribution in [0, 0.1) is 0 Å². The lowest BCUT2D eigenvalue weighted by Gasteiger charge is -2.07. The molecule has 2 aromatic carbocycles. The lowest BCUT2D eigenvalue weighted by Crippen LogP contribution is -2.12. The zero-order chi connectivity index (χ0) is 16.4. The first kappa shape index (κ1) is 14.8. The molecular formula is C18H17N3O2. The maximum Gasteiger partial charge on any atom is 0.255 e. The van der Waals surface area contributed by atoms with E-state index in [4.69, 9.17) is 0 Å². The van der Waals surface area contributed by atoms with Crippen molar-refractivity contribution in [2.75, 3.05) is 10.6 Å². The molecule has 0 aliphatic carbocycles. The predicted octanol–water partition coefficient (Wildman–Crippen LogP) is 3.39. The van der Waals surface area contributed by atoms with Gasteiger partial charge in [0.1, 0.15) is 0 Å². The highest BCUT2D eigenvalue weighted by atomic mass is 16.2. The van der Waals surface area contributed by atoms with E-state index >= 15 is 0 Å². The fourth-order valence-electron chi connectivity index (χ4n) is 2.47. The molecule has 0 radical (unpaired) electrons. The van der Waals surface area contributed by atoms with Crippen molar-refractivity contribution in [3.8, 4) is 0 Å². The molecule has 1 aromatic heterocycles. The summed E-state index contributed by atoms with van der Waals surface area (Å²) in [4.78, 5) is 23.3. The number of fused-ring (bicyclic) bond motifs is 1. The van der Waals surface area contributed by atoms with E-state index in [1.54, 1.807) is 24.3 Å². The summed E-state index contributed by atoms with van der Waals surface area (Å²) >= 11 is 0. The van der Waals surface area contributed by atoms with Gasteiger partial charge in [-0.3, -0.25) is 9.59 Å². The summed E-state index contributed by atoms with van der Waals surface area (Å²) in [6.07, 6.45) is 1.97. The molecule has 0 fully saturated rings. The predicted molar refractivity (Wildman–Crippen MR) is 91.6 cm³/mol. The topological polar surface area (TPSA) is 63.1 Å². The fraction of sp³-hybridized carbons (Fsp3) is 0.111. The van der Waals surface area contributed by atoms with Crippen molar-refractivity contribution >= 4 is 34.1 Å². The van der Waals surface area contributed by atoms with Gasteiger partial charge in [-0.15, -0.1) is 0 Å². The van der Waals surface area contributed by atoms with E-state index in [0.717, 1.165) is 10.9 Å². The van der Waals surface area contributed by atoms with Crippen LogP contribution in [0.5, 0.6) is 0 Å². The molecule has 3 aromatic rings. The molecule has 0 unspecified atom stereocenters. The second-order valence-electron chi connectivity index (χ2n) is 5.41. The van der Waals surface area contributed by atoms with Gasteiger partial charge in [-0.05, 0) is 48.5 Å². The minimum absolute atomic E-state index is 0.127. The van der Waals surface area contributed by atoms with Gasteiger partial charge in [0.05, 0.1) is 0 Å².